The molecule has 1 rings (SSSR count). The summed E-state index contributed by atoms with van der Waals surface area (Å²) in [7, 11) is -3.73. The number of carbonyl (C=O) groups excluding carboxylic acids is 1. The number of carbonyl (C=O) groups is 1. The Bertz CT molecular complexity index is 630. The maximum atomic E-state index is 11.9. The van der Waals surface area contributed by atoms with Crippen LogP contribution < -0.4 is 5.32 Å². The van der Waals surface area contributed by atoms with Crippen LogP contribution in [0.3, 0.4) is 0 Å². The van der Waals surface area contributed by atoms with E-state index in [0.717, 1.165) is 11.1 Å². The first-order valence-corrected chi connectivity index (χ1v) is 7.46. The fraction of sp³-hybridized carbons (Fsp3) is 0.385. The Kier molecular flexibility index (Phi) is 4.67. The van der Waals surface area contributed by atoms with Crippen LogP contribution in [0.5, 0.6) is 0 Å². The number of nitriles is 1. The second kappa shape index (κ2) is 5.85. The summed E-state index contributed by atoms with van der Waals surface area (Å²) < 4.78 is 23.3. The average molecular weight is 280 g/mol. The molecule has 0 aliphatic rings. The number of rotatable bonds is 4. The molecule has 19 heavy (non-hydrogen) atoms. The number of hydrogen-bond donors (Lipinski definition) is 1. The second-order valence-corrected chi connectivity index (χ2v) is 6.67. The van der Waals surface area contributed by atoms with Crippen molar-refractivity contribution in [3.05, 3.63) is 29.3 Å². The van der Waals surface area contributed by atoms with Crippen molar-refractivity contribution >= 4 is 21.4 Å². The highest BCUT2D eigenvalue weighted by Crippen LogP contribution is 2.18. The molecular weight excluding hydrogens is 264 g/mol. The lowest BCUT2D eigenvalue weighted by molar-refractivity contribution is -0.115. The van der Waals surface area contributed by atoms with Gasteiger partial charge in [0.25, 0.3) is 0 Å². The van der Waals surface area contributed by atoms with E-state index in [0.29, 0.717) is 5.69 Å². The lowest BCUT2D eigenvalue weighted by Crippen LogP contribution is -2.34. The van der Waals surface area contributed by atoms with E-state index in [1.807, 2.05) is 19.9 Å². The summed E-state index contributed by atoms with van der Waals surface area (Å²) in [5.41, 5.74) is 2.48. The fourth-order valence-electron chi connectivity index (χ4n) is 1.50. The Labute approximate surface area is 113 Å². The van der Waals surface area contributed by atoms with Crippen LogP contribution in [0, 0.1) is 25.2 Å². The number of amides is 1. The molecule has 0 spiro atoms. The maximum absolute atomic E-state index is 11.9. The minimum atomic E-state index is -3.73. The van der Waals surface area contributed by atoms with Gasteiger partial charge in [-0.25, -0.2) is 8.42 Å². The SMILES string of the molecule is Cc1cccc(NC(=O)C(C)S(=O)(=O)CC#N)c1C. The highest BCUT2D eigenvalue weighted by Gasteiger charge is 2.27. The molecule has 0 bridgehead atoms. The van der Waals surface area contributed by atoms with Crippen LogP contribution in [0.2, 0.25) is 0 Å². The van der Waals surface area contributed by atoms with Gasteiger partial charge in [0, 0.05) is 5.69 Å². The third-order valence-corrected chi connectivity index (χ3v) is 4.86. The van der Waals surface area contributed by atoms with Gasteiger partial charge in [-0.2, -0.15) is 5.26 Å². The molecule has 1 unspecified atom stereocenters. The summed E-state index contributed by atoms with van der Waals surface area (Å²) in [4.78, 5) is 11.9. The topological polar surface area (TPSA) is 87.0 Å². The number of nitrogens with zero attached hydrogens (tertiary/aromatic N) is 1. The minimum Gasteiger partial charge on any atom is -0.325 e. The molecule has 0 heterocycles. The van der Waals surface area contributed by atoms with Gasteiger partial charge in [-0.1, -0.05) is 12.1 Å². The van der Waals surface area contributed by atoms with E-state index in [9.17, 15) is 13.2 Å². The first-order chi connectivity index (χ1) is 8.79. The highest BCUT2D eigenvalue weighted by molar-refractivity contribution is 7.92. The number of anilines is 1. The summed E-state index contributed by atoms with van der Waals surface area (Å²) >= 11 is 0. The quantitative estimate of drug-likeness (QED) is 0.906. The molecule has 1 N–H and O–H groups in total. The zero-order chi connectivity index (χ0) is 14.6. The zero-order valence-electron chi connectivity index (χ0n) is 11.1. The number of sulfone groups is 1. The summed E-state index contributed by atoms with van der Waals surface area (Å²) in [6.07, 6.45) is 0. The van der Waals surface area contributed by atoms with Gasteiger partial charge in [0.05, 0.1) is 6.07 Å². The molecule has 0 aliphatic heterocycles. The maximum Gasteiger partial charge on any atom is 0.242 e. The van der Waals surface area contributed by atoms with Crippen molar-refractivity contribution in [1.82, 2.24) is 0 Å². The number of nitrogens with one attached hydrogen (secondary N) is 1. The van der Waals surface area contributed by atoms with Crippen molar-refractivity contribution in [2.24, 2.45) is 0 Å². The standard InChI is InChI=1S/C13H16N2O3S/c1-9-5-4-6-12(10(9)2)15-13(16)11(3)19(17,18)8-7-14/h4-6,11H,8H2,1-3H3,(H,15,16). The van der Waals surface area contributed by atoms with Gasteiger partial charge in [-0.05, 0) is 38.0 Å². The molecule has 5 nitrogen and oxygen atoms in total. The van der Waals surface area contributed by atoms with E-state index in [2.05, 4.69) is 5.32 Å². The molecule has 0 aliphatic carbocycles. The minimum absolute atomic E-state index is 0.587. The normalized spacial score (nSPS) is 12.5. The molecular formula is C13H16N2O3S. The van der Waals surface area contributed by atoms with Crippen LogP contribution in [-0.2, 0) is 14.6 Å². The summed E-state index contributed by atoms with van der Waals surface area (Å²) in [6.45, 7) is 5.04. The molecule has 6 heteroatoms. The van der Waals surface area contributed by atoms with Crippen LogP contribution in [0.4, 0.5) is 5.69 Å². The van der Waals surface area contributed by atoms with Crippen molar-refractivity contribution in [2.45, 2.75) is 26.0 Å². The Balaban J connectivity index is 2.92. The van der Waals surface area contributed by atoms with Crippen LogP contribution in [0.25, 0.3) is 0 Å². The van der Waals surface area contributed by atoms with E-state index < -0.39 is 26.7 Å². The van der Waals surface area contributed by atoms with Crippen LogP contribution in [0.15, 0.2) is 18.2 Å². The van der Waals surface area contributed by atoms with Crippen molar-refractivity contribution in [2.75, 3.05) is 11.1 Å². The fourth-order valence-corrected chi connectivity index (χ4v) is 2.31. The smallest absolute Gasteiger partial charge is 0.242 e. The molecule has 102 valence electrons. The van der Waals surface area contributed by atoms with E-state index in [1.165, 1.54) is 6.92 Å². The van der Waals surface area contributed by atoms with E-state index in [4.69, 9.17) is 5.26 Å². The van der Waals surface area contributed by atoms with Crippen LogP contribution in [0.1, 0.15) is 18.1 Å². The average Bonchev–Trinajstić information content (AvgIpc) is 2.33. The lowest BCUT2D eigenvalue weighted by Gasteiger charge is -2.14. The zero-order valence-corrected chi connectivity index (χ0v) is 11.9. The van der Waals surface area contributed by atoms with E-state index in [-0.39, 0.29) is 0 Å². The van der Waals surface area contributed by atoms with Gasteiger partial charge < -0.3 is 5.32 Å². The number of benzene rings is 1. The van der Waals surface area contributed by atoms with Gasteiger partial charge in [0.1, 0.15) is 11.0 Å². The molecule has 0 aromatic heterocycles. The first kappa shape index (κ1) is 15.2. The summed E-state index contributed by atoms with van der Waals surface area (Å²) in [6, 6.07) is 6.96. The van der Waals surface area contributed by atoms with Crippen molar-refractivity contribution in [1.29, 1.82) is 5.26 Å². The Morgan fingerprint density at radius 2 is 2.05 bits per heavy atom. The van der Waals surface area contributed by atoms with Gasteiger partial charge in [-0.15, -0.1) is 0 Å². The third kappa shape index (κ3) is 3.55. The lowest BCUT2D eigenvalue weighted by atomic mass is 10.1. The Morgan fingerprint density at radius 3 is 2.63 bits per heavy atom. The largest absolute Gasteiger partial charge is 0.325 e. The molecule has 1 aromatic carbocycles. The molecule has 1 amide bonds. The van der Waals surface area contributed by atoms with Crippen LogP contribution in [-0.4, -0.2) is 25.3 Å². The van der Waals surface area contributed by atoms with Crippen LogP contribution >= 0.6 is 0 Å². The highest BCUT2D eigenvalue weighted by atomic mass is 32.2. The first-order valence-electron chi connectivity index (χ1n) is 5.75. The molecule has 0 radical (unpaired) electrons. The molecule has 0 fully saturated rings. The molecule has 1 atom stereocenters. The van der Waals surface area contributed by atoms with Crippen molar-refractivity contribution in [3.8, 4) is 6.07 Å². The Morgan fingerprint density at radius 1 is 1.42 bits per heavy atom. The predicted molar refractivity (Wildman–Crippen MR) is 73.4 cm³/mol. The Hall–Kier alpha value is -1.87. The predicted octanol–water partition coefficient (Wildman–Crippen LogP) is 1.57. The molecule has 0 saturated heterocycles. The van der Waals surface area contributed by atoms with E-state index in [1.54, 1.807) is 18.2 Å². The van der Waals surface area contributed by atoms with Gasteiger partial charge in [-0.3, -0.25) is 4.79 Å². The van der Waals surface area contributed by atoms with Gasteiger partial charge in [0.15, 0.2) is 9.84 Å². The monoisotopic (exact) mass is 280 g/mol. The summed E-state index contributed by atoms with van der Waals surface area (Å²) in [5.74, 6) is -1.28. The van der Waals surface area contributed by atoms with Gasteiger partial charge in [0.2, 0.25) is 5.91 Å². The number of aryl methyl sites for hydroxylation is 1. The van der Waals surface area contributed by atoms with Gasteiger partial charge >= 0.3 is 0 Å². The van der Waals surface area contributed by atoms with Crippen molar-refractivity contribution < 1.29 is 13.2 Å². The molecule has 1 aromatic rings. The number of hydrogen-bond acceptors (Lipinski definition) is 4. The van der Waals surface area contributed by atoms with Crippen molar-refractivity contribution in [3.63, 3.8) is 0 Å². The van der Waals surface area contributed by atoms with E-state index >= 15 is 0 Å². The second-order valence-electron chi connectivity index (χ2n) is 4.34. The summed E-state index contributed by atoms with van der Waals surface area (Å²) in [5, 5.41) is 9.79. The third-order valence-electron chi connectivity index (χ3n) is 3.04. The molecule has 0 saturated carbocycles.